The van der Waals surface area contributed by atoms with Crippen LogP contribution in [0.25, 0.3) is 0 Å². The van der Waals surface area contributed by atoms with Crippen molar-refractivity contribution in [2.75, 3.05) is 38.0 Å². The van der Waals surface area contributed by atoms with Crippen molar-refractivity contribution in [2.24, 2.45) is 5.10 Å². The van der Waals surface area contributed by atoms with Crippen molar-refractivity contribution >= 4 is 41.3 Å². The average molecular weight is 867 g/mol. The number of hydrogen-bond acceptors (Lipinski definition) is 12. The minimum atomic E-state index is -0.597. The van der Waals surface area contributed by atoms with Crippen LogP contribution in [0.3, 0.4) is 0 Å². The van der Waals surface area contributed by atoms with Crippen LogP contribution in [-0.2, 0) is 19.1 Å². The van der Waals surface area contributed by atoms with Crippen LogP contribution < -0.4 is 24.0 Å². The molecule has 0 fully saturated rings. The van der Waals surface area contributed by atoms with Crippen LogP contribution in [-0.4, -0.2) is 62.9 Å². The molecule has 12 heteroatoms. The summed E-state index contributed by atoms with van der Waals surface area (Å²) in [4.78, 5) is 49.2. The number of hydrazone groups is 1. The number of carbonyl (C=O) groups excluding carboxylic acids is 4. The van der Waals surface area contributed by atoms with E-state index in [0.29, 0.717) is 54.6 Å². The highest BCUT2D eigenvalue weighted by molar-refractivity contribution is 5.95. The second kappa shape index (κ2) is 26.9. The van der Waals surface area contributed by atoms with Gasteiger partial charge in [0, 0.05) is 18.2 Å². The first-order chi connectivity index (χ1) is 31.3. The van der Waals surface area contributed by atoms with Crippen molar-refractivity contribution in [3.63, 3.8) is 0 Å². The fourth-order valence-corrected chi connectivity index (χ4v) is 6.08. The standard InChI is InChI=1S/C52H54N2O10/c1-3-45(55)39-59-33-15-5-6-16-34-60-47-29-25-41(26-30-47)52(58)64-49-32-31-48(37-42(49)38-53-54(43-19-11-9-12-20-43)44-21-13-10-14-22-44)63-51(57)40-23-27-46(28-24-40)61-35-17-7-8-18-36-62-50(56)4-2/h3-4,9-14,19-32,37-38H,1-2,5-8,15-18,33-36,39H2/b53-38+. The van der Waals surface area contributed by atoms with E-state index in [-0.39, 0.29) is 23.9 Å². The molecule has 0 amide bonds. The van der Waals surface area contributed by atoms with Gasteiger partial charge in [0.1, 0.15) is 29.6 Å². The Balaban J connectivity index is 1.21. The van der Waals surface area contributed by atoms with Gasteiger partial charge < -0.3 is 28.4 Å². The van der Waals surface area contributed by atoms with Crippen LogP contribution >= 0.6 is 0 Å². The zero-order valence-electron chi connectivity index (χ0n) is 35.9. The summed E-state index contributed by atoms with van der Waals surface area (Å²) in [6, 6.07) is 37.3. The van der Waals surface area contributed by atoms with E-state index in [9.17, 15) is 19.2 Å². The predicted molar refractivity (Wildman–Crippen MR) is 247 cm³/mol. The van der Waals surface area contributed by atoms with E-state index < -0.39 is 17.9 Å². The van der Waals surface area contributed by atoms with Gasteiger partial charge in [0.2, 0.25) is 0 Å². The van der Waals surface area contributed by atoms with Gasteiger partial charge in [-0.15, -0.1) is 0 Å². The molecule has 332 valence electrons. The number of anilines is 2. The summed E-state index contributed by atoms with van der Waals surface area (Å²) in [7, 11) is 0. The van der Waals surface area contributed by atoms with Gasteiger partial charge in [0.15, 0.2) is 5.78 Å². The Bertz CT molecular complexity index is 2240. The van der Waals surface area contributed by atoms with Crippen LogP contribution in [0.2, 0.25) is 0 Å². The highest BCUT2D eigenvalue weighted by Crippen LogP contribution is 2.29. The molecule has 0 aromatic heterocycles. The van der Waals surface area contributed by atoms with Crippen molar-refractivity contribution in [1.82, 2.24) is 0 Å². The van der Waals surface area contributed by atoms with E-state index >= 15 is 0 Å². The van der Waals surface area contributed by atoms with Crippen molar-refractivity contribution in [3.05, 3.63) is 169 Å². The van der Waals surface area contributed by atoms with Gasteiger partial charge >= 0.3 is 17.9 Å². The van der Waals surface area contributed by atoms with Crippen molar-refractivity contribution in [1.29, 1.82) is 0 Å². The lowest BCUT2D eigenvalue weighted by molar-refractivity contribution is -0.137. The molecule has 0 saturated heterocycles. The third-order valence-corrected chi connectivity index (χ3v) is 9.53. The molecule has 0 unspecified atom stereocenters. The van der Waals surface area contributed by atoms with Gasteiger partial charge in [0.25, 0.3) is 0 Å². The van der Waals surface area contributed by atoms with E-state index in [1.165, 1.54) is 6.08 Å². The van der Waals surface area contributed by atoms with Gasteiger partial charge in [-0.25, -0.2) is 19.4 Å². The molecule has 0 bridgehead atoms. The third kappa shape index (κ3) is 16.5. The fraction of sp³-hybridized carbons (Fsp3) is 0.250. The smallest absolute Gasteiger partial charge is 0.343 e. The van der Waals surface area contributed by atoms with Crippen molar-refractivity contribution in [3.8, 4) is 23.0 Å². The number of ether oxygens (including phenoxy) is 6. The summed E-state index contributed by atoms with van der Waals surface area (Å²) < 4.78 is 33.8. The normalized spacial score (nSPS) is 10.8. The zero-order valence-corrected chi connectivity index (χ0v) is 35.9. The minimum Gasteiger partial charge on any atom is -0.494 e. The fourth-order valence-electron chi connectivity index (χ4n) is 6.08. The molecule has 0 radical (unpaired) electrons. The maximum atomic E-state index is 13.5. The van der Waals surface area contributed by atoms with Gasteiger partial charge in [0.05, 0.1) is 48.5 Å². The molecule has 64 heavy (non-hydrogen) atoms. The number of hydrogen-bond donors (Lipinski definition) is 0. The number of esters is 3. The lowest BCUT2D eigenvalue weighted by atomic mass is 10.2. The van der Waals surface area contributed by atoms with Gasteiger partial charge in [-0.1, -0.05) is 56.0 Å². The largest absolute Gasteiger partial charge is 0.494 e. The minimum absolute atomic E-state index is 0.0653. The van der Waals surface area contributed by atoms with Crippen LogP contribution in [0, 0.1) is 0 Å². The molecule has 0 aliphatic heterocycles. The zero-order chi connectivity index (χ0) is 45.2. The van der Waals surface area contributed by atoms with E-state index in [0.717, 1.165) is 68.8 Å². The number of unbranched alkanes of at least 4 members (excludes halogenated alkanes) is 6. The molecule has 0 saturated carbocycles. The van der Waals surface area contributed by atoms with Crippen molar-refractivity contribution < 1.29 is 47.6 Å². The Morgan fingerprint density at radius 2 is 1.03 bits per heavy atom. The van der Waals surface area contributed by atoms with Crippen LogP contribution in [0.4, 0.5) is 11.4 Å². The molecule has 0 atom stereocenters. The van der Waals surface area contributed by atoms with E-state index in [1.54, 1.807) is 78.0 Å². The number of para-hydroxylation sites is 2. The molecule has 0 aliphatic rings. The second-order valence-corrected chi connectivity index (χ2v) is 14.4. The summed E-state index contributed by atoms with van der Waals surface area (Å²) >= 11 is 0. The quantitative estimate of drug-likeness (QED) is 0.0118. The number of benzene rings is 5. The SMILES string of the molecule is C=CC(=O)COCCCCCCOc1ccc(C(=O)Oc2ccc(OC(=O)c3ccc(OCCCCCCOC(=O)C=C)cc3)cc2/C=N/N(c2ccccc2)c2ccccc2)cc1. The number of ketones is 1. The molecular formula is C52H54N2O10. The molecule has 0 heterocycles. The summed E-state index contributed by atoms with van der Waals surface area (Å²) in [6.45, 7) is 8.80. The Morgan fingerprint density at radius 3 is 1.56 bits per heavy atom. The molecule has 0 spiro atoms. The maximum Gasteiger partial charge on any atom is 0.343 e. The third-order valence-electron chi connectivity index (χ3n) is 9.53. The number of rotatable bonds is 28. The highest BCUT2D eigenvalue weighted by Gasteiger charge is 2.16. The number of carbonyl (C=O) groups is 4. The van der Waals surface area contributed by atoms with E-state index in [4.69, 9.17) is 33.5 Å². The second-order valence-electron chi connectivity index (χ2n) is 14.4. The summed E-state index contributed by atoms with van der Waals surface area (Å²) in [5, 5.41) is 6.56. The van der Waals surface area contributed by atoms with Gasteiger partial charge in [-0.3, -0.25) is 4.79 Å². The lowest BCUT2D eigenvalue weighted by Crippen LogP contribution is -2.12. The Morgan fingerprint density at radius 1 is 0.531 bits per heavy atom. The summed E-state index contributed by atoms with van der Waals surface area (Å²) in [6.07, 6.45) is 11.0. The maximum absolute atomic E-state index is 13.5. The molecule has 5 aromatic rings. The molecular weight excluding hydrogens is 813 g/mol. The van der Waals surface area contributed by atoms with E-state index in [2.05, 4.69) is 13.2 Å². The molecule has 12 nitrogen and oxygen atoms in total. The van der Waals surface area contributed by atoms with Gasteiger partial charge in [-0.2, -0.15) is 5.10 Å². The van der Waals surface area contributed by atoms with E-state index in [1.807, 2.05) is 60.7 Å². The average Bonchev–Trinajstić information content (AvgIpc) is 3.33. The first kappa shape index (κ1) is 47.7. The lowest BCUT2D eigenvalue weighted by Gasteiger charge is -2.19. The first-order valence-electron chi connectivity index (χ1n) is 21.3. The van der Waals surface area contributed by atoms with Crippen molar-refractivity contribution in [2.45, 2.75) is 51.4 Å². The molecule has 5 rings (SSSR count). The van der Waals surface area contributed by atoms with Crippen LogP contribution in [0.15, 0.2) is 158 Å². The highest BCUT2D eigenvalue weighted by atomic mass is 16.5. The Labute approximate surface area is 374 Å². The predicted octanol–water partition coefficient (Wildman–Crippen LogP) is 10.7. The van der Waals surface area contributed by atoms with Crippen LogP contribution in [0.1, 0.15) is 77.6 Å². The Kier molecular flexibility index (Phi) is 20.1. The van der Waals surface area contributed by atoms with Crippen LogP contribution in [0.5, 0.6) is 23.0 Å². The topological polar surface area (TPSA) is 139 Å². The monoisotopic (exact) mass is 866 g/mol. The Hall–Kier alpha value is -7.31. The molecule has 0 aliphatic carbocycles. The van der Waals surface area contributed by atoms with Gasteiger partial charge in [-0.05, 0) is 142 Å². The number of nitrogens with zero attached hydrogens (tertiary/aromatic N) is 2. The summed E-state index contributed by atoms with van der Waals surface area (Å²) in [5.74, 6) is -0.0641. The summed E-state index contributed by atoms with van der Waals surface area (Å²) in [5.41, 5.74) is 2.61. The first-order valence-corrected chi connectivity index (χ1v) is 21.3. The molecule has 5 aromatic carbocycles. The molecule has 0 N–H and O–H groups in total.